The lowest BCUT2D eigenvalue weighted by Crippen LogP contribution is -2.13. The quantitative estimate of drug-likeness (QED) is 0.603. The summed E-state index contributed by atoms with van der Waals surface area (Å²) in [5, 5.41) is -0.282. The van der Waals surface area contributed by atoms with Gasteiger partial charge in [0.05, 0.1) is 5.38 Å². The number of alkyl halides is 4. The summed E-state index contributed by atoms with van der Waals surface area (Å²) in [7, 11) is 0. The van der Waals surface area contributed by atoms with Gasteiger partial charge in [0.1, 0.15) is 0 Å². The summed E-state index contributed by atoms with van der Waals surface area (Å²) in [5.41, 5.74) is 0. The fraction of sp³-hybridized carbons (Fsp3) is 1.00. The van der Waals surface area contributed by atoms with Gasteiger partial charge in [0.15, 0.2) is 3.24 Å². The van der Waals surface area contributed by atoms with Crippen LogP contribution < -0.4 is 0 Å². The van der Waals surface area contributed by atoms with Crippen LogP contribution in [-0.4, -0.2) is 8.62 Å². The van der Waals surface area contributed by atoms with E-state index in [2.05, 4.69) is 15.9 Å². The van der Waals surface area contributed by atoms with Crippen molar-refractivity contribution in [2.45, 2.75) is 15.5 Å². The Balaban J connectivity index is 3.54. The van der Waals surface area contributed by atoms with Crippen molar-refractivity contribution in [3.8, 4) is 0 Å². The summed E-state index contributed by atoms with van der Waals surface area (Å²) >= 11 is 19.2. The average molecular weight is 226 g/mol. The molecule has 0 saturated carbocycles. The molecular formula is C3H4BrCl3. The van der Waals surface area contributed by atoms with E-state index in [1.165, 1.54) is 0 Å². The molecular weight excluding hydrogens is 222 g/mol. The lowest BCUT2D eigenvalue weighted by atomic mass is 10.6. The van der Waals surface area contributed by atoms with Crippen LogP contribution in [0.3, 0.4) is 0 Å². The number of rotatable bonds is 1. The van der Waals surface area contributed by atoms with Crippen molar-refractivity contribution in [2.24, 2.45) is 0 Å². The van der Waals surface area contributed by atoms with Gasteiger partial charge in [0.25, 0.3) is 0 Å². The van der Waals surface area contributed by atoms with Crippen LogP contribution in [0.2, 0.25) is 0 Å². The molecule has 0 aliphatic heterocycles. The van der Waals surface area contributed by atoms with Crippen molar-refractivity contribution in [3.63, 3.8) is 0 Å². The molecule has 7 heavy (non-hydrogen) atoms. The molecule has 0 spiro atoms. The number of halogens is 4. The van der Waals surface area contributed by atoms with Crippen LogP contribution in [0.5, 0.6) is 0 Å². The van der Waals surface area contributed by atoms with Crippen LogP contribution in [0, 0.1) is 0 Å². The summed E-state index contributed by atoms with van der Waals surface area (Å²) in [6, 6.07) is 0. The lowest BCUT2D eigenvalue weighted by molar-refractivity contribution is 1.01. The van der Waals surface area contributed by atoms with Gasteiger partial charge >= 0.3 is 0 Å². The van der Waals surface area contributed by atoms with E-state index < -0.39 is 3.24 Å². The summed E-state index contributed by atoms with van der Waals surface area (Å²) in [6.07, 6.45) is 0. The maximum atomic E-state index is 5.44. The molecule has 1 unspecified atom stereocenters. The van der Waals surface area contributed by atoms with Crippen molar-refractivity contribution in [1.82, 2.24) is 0 Å². The first-order valence-electron chi connectivity index (χ1n) is 1.65. The molecule has 0 aromatic carbocycles. The SMILES string of the molecule is CC(Cl)C(Cl)(Cl)Br. The fourth-order valence-electron chi connectivity index (χ4n) is 0. The van der Waals surface area contributed by atoms with E-state index in [-0.39, 0.29) is 5.38 Å². The normalized spacial score (nSPS) is 16.7. The first-order valence-corrected chi connectivity index (χ1v) is 3.64. The Labute approximate surface area is 66.2 Å². The van der Waals surface area contributed by atoms with E-state index in [0.29, 0.717) is 0 Å². The summed E-state index contributed by atoms with van der Waals surface area (Å²) in [4.78, 5) is 0. The predicted molar refractivity (Wildman–Crippen MR) is 38.7 cm³/mol. The van der Waals surface area contributed by atoms with Crippen molar-refractivity contribution in [2.75, 3.05) is 0 Å². The van der Waals surface area contributed by atoms with Crippen LogP contribution in [0.15, 0.2) is 0 Å². The van der Waals surface area contributed by atoms with E-state index in [1.54, 1.807) is 6.92 Å². The van der Waals surface area contributed by atoms with E-state index >= 15 is 0 Å². The first kappa shape index (κ1) is 8.35. The molecule has 0 N–H and O–H groups in total. The maximum absolute atomic E-state index is 5.44. The second-order valence-corrected chi connectivity index (χ2v) is 5.36. The molecule has 4 heteroatoms. The third-order valence-electron chi connectivity index (χ3n) is 0.451. The van der Waals surface area contributed by atoms with Crippen LogP contribution >= 0.6 is 50.7 Å². The molecule has 0 fully saturated rings. The molecule has 44 valence electrons. The second-order valence-electron chi connectivity index (χ2n) is 1.16. The molecule has 1 atom stereocenters. The van der Waals surface area contributed by atoms with Gasteiger partial charge in [-0.3, -0.25) is 0 Å². The van der Waals surface area contributed by atoms with Crippen LogP contribution in [0.1, 0.15) is 6.92 Å². The van der Waals surface area contributed by atoms with Gasteiger partial charge in [-0.15, -0.1) is 11.6 Å². The maximum Gasteiger partial charge on any atom is 0.188 e. The fourth-order valence-corrected chi connectivity index (χ4v) is 0. The number of hydrogen-bond donors (Lipinski definition) is 0. The number of hydrogen-bond acceptors (Lipinski definition) is 0. The van der Waals surface area contributed by atoms with Crippen LogP contribution in [0.25, 0.3) is 0 Å². The van der Waals surface area contributed by atoms with E-state index in [0.717, 1.165) is 0 Å². The van der Waals surface area contributed by atoms with E-state index in [9.17, 15) is 0 Å². The van der Waals surface area contributed by atoms with Gasteiger partial charge in [-0.1, -0.05) is 23.2 Å². The van der Waals surface area contributed by atoms with E-state index in [1.807, 2.05) is 0 Å². The smallest absolute Gasteiger partial charge is 0.119 e. The van der Waals surface area contributed by atoms with Gasteiger partial charge in [-0.25, -0.2) is 0 Å². The third kappa shape index (κ3) is 3.89. The van der Waals surface area contributed by atoms with E-state index in [4.69, 9.17) is 34.8 Å². The van der Waals surface area contributed by atoms with Gasteiger partial charge in [0.2, 0.25) is 0 Å². The molecule has 0 amide bonds. The molecule has 0 nitrogen and oxygen atoms in total. The average Bonchev–Trinajstić information content (AvgIpc) is 1.31. The van der Waals surface area contributed by atoms with Crippen LogP contribution in [-0.2, 0) is 0 Å². The molecule has 0 aromatic rings. The highest BCUT2D eigenvalue weighted by Crippen LogP contribution is 2.35. The minimum atomic E-state index is -0.978. The van der Waals surface area contributed by atoms with Gasteiger partial charge in [-0.05, 0) is 22.9 Å². The van der Waals surface area contributed by atoms with Crippen molar-refractivity contribution >= 4 is 50.7 Å². The first-order chi connectivity index (χ1) is 2.94. The largest absolute Gasteiger partial charge is 0.188 e. The van der Waals surface area contributed by atoms with Gasteiger partial charge in [-0.2, -0.15) is 0 Å². The Morgan fingerprint density at radius 3 is 1.71 bits per heavy atom. The molecule has 0 aliphatic carbocycles. The molecule has 0 saturated heterocycles. The minimum absolute atomic E-state index is 0.282. The molecule has 0 radical (unpaired) electrons. The minimum Gasteiger partial charge on any atom is -0.119 e. The van der Waals surface area contributed by atoms with Crippen LogP contribution in [0.4, 0.5) is 0 Å². The highest BCUT2D eigenvalue weighted by atomic mass is 79.9. The Morgan fingerprint density at radius 1 is 1.57 bits per heavy atom. The van der Waals surface area contributed by atoms with Crippen molar-refractivity contribution in [3.05, 3.63) is 0 Å². The zero-order valence-electron chi connectivity index (χ0n) is 3.59. The third-order valence-corrected chi connectivity index (χ3v) is 2.61. The molecule has 0 rings (SSSR count). The Hall–Kier alpha value is 1.35. The Morgan fingerprint density at radius 2 is 1.71 bits per heavy atom. The summed E-state index contributed by atoms with van der Waals surface area (Å²) < 4.78 is -0.978. The van der Waals surface area contributed by atoms with Crippen molar-refractivity contribution < 1.29 is 0 Å². The molecule has 0 aliphatic rings. The standard InChI is InChI=1S/C3H4BrCl3/c1-2(5)3(4,6)7/h2H,1H3. The molecule has 0 bridgehead atoms. The highest BCUT2D eigenvalue weighted by molar-refractivity contribution is 9.11. The Kier molecular flexibility index (Phi) is 3.30. The van der Waals surface area contributed by atoms with Gasteiger partial charge < -0.3 is 0 Å². The second kappa shape index (κ2) is 2.77. The molecule has 0 aromatic heterocycles. The summed E-state index contributed by atoms with van der Waals surface area (Å²) in [6.45, 7) is 1.70. The monoisotopic (exact) mass is 224 g/mol. The lowest BCUT2D eigenvalue weighted by Gasteiger charge is -2.11. The molecule has 0 heterocycles. The highest BCUT2D eigenvalue weighted by Gasteiger charge is 2.25. The van der Waals surface area contributed by atoms with Crippen molar-refractivity contribution in [1.29, 1.82) is 0 Å². The zero-order valence-corrected chi connectivity index (χ0v) is 7.44. The predicted octanol–water partition coefficient (Wildman–Crippen LogP) is 3.14. The zero-order chi connectivity index (χ0) is 6.08. The summed E-state index contributed by atoms with van der Waals surface area (Å²) in [5.74, 6) is 0. The van der Waals surface area contributed by atoms with Gasteiger partial charge in [0, 0.05) is 0 Å². The topological polar surface area (TPSA) is 0 Å². The Bertz CT molecular complexity index is 55.7.